The molecule has 0 amide bonds. The molecule has 1 aliphatic rings. The van der Waals surface area contributed by atoms with Crippen molar-refractivity contribution in [2.45, 2.75) is 0 Å². The lowest BCUT2D eigenvalue weighted by atomic mass is 10.1. The van der Waals surface area contributed by atoms with Crippen molar-refractivity contribution in [2.75, 3.05) is 11.4 Å². The molecule has 3 heteroatoms. The van der Waals surface area contributed by atoms with Crippen LogP contribution in [0.25, 0.3) is 10.8 Å². The van der Waals surface area contributed by atoms with Crippen molar-refractivity contribution in [2.24, 2.45) is 0 Å². The predicted octanol–water partition coefficient (Wildman–Crippen LogP) is 2.83. The molecule has 0 aliphatic carbocycles. The second kappa shape index (κ2) is 3.94. The zero-order valence-electron chi connectivity index (χ0n) is 9.24. The number of hydrogen-bond acceptors (Lipinski definition) is 3. The smallest absolute Gasteiger partial charge is 0.140 e. The summed E-state index contributed by atoms with van der Waals surface area (Å²) in [5, 5.41) is 11.6. The van der Waals surface area contributed by atoms with Gasteiger partial charge in [0.1, 0.15) is 11.6 Å². The number of aromatic hydroxyl groups is 1. The molecule has 0 unspecified atom stereocenters. The molecule has 0 saturated carbocycles. The fraction of sp³-hybridized carbons (Fsp3) is 0.0714. The van der Waals surface area contributed by atoms with E-state index in [4.69, 9.17) is 0 Å². The summed E-state index contributed by atoms with van der Waals surface area (Å²) in [6.07, 6.45) is 9.85. The Morgan fingerprint density at radius 2 is 2.12 bits per heavy atom. The van der Waals surface area contributed by atoms with Crippen molar-refractivity contribution in [3.8, 4) is 5.75 Å². The first-order valence-corrected chi connectivity index (χ1v) is 5.52. The maximum atomic E-state index is 9.57. The number of pyridine rings is 1. The molecule has 1 aromatic carbocycles. The second-order valence-corrected chi connectivity index (χ2v) is 3.96. The molecule has 2 aromatic rings. The number of rotatable bonds is 1. The lowest BCUT2D eigenvalue weighted by Gasteiger charge is -2.21. The highest BCUT2D eigenvalue weighted by atomic mass is 16.3. The van der Waals surface area contributed by atoms with Crippen LogP contribution in [-0.4, -0.2) is 16.6 Å². The Morgan fingerprint density at radius 1 is 1.18 bits per heavy atom. The van der Waals surface area contributed by atoms with Crippen LogP contribution in [-0.2, 0) is 0 Å². The predicted molar refractivity (Wildman–Crippen MR) is 69.0 cm³/mol. The molecule has 1 aromatic heterocycles. The summed E-state index contributed by atoms with van der Waals surface area (Å²) >= 11 is 0. The van der Waals surface area contributed by atoms with Gasteiger partial charge in [0.15, 0.2) is 0 Å². The molecule has 3 nitrogen and oxygen atoms in total. The van der Waals surface area contributed by atoms with Crippen molar-refractivity contribution >= 4 is 16.6 Å². The van der Waals surface area contributed by atoms with Gasteiger partial charge in [0.2, 0.25) is 0 Å². The van der Waals surface area contributed by atoms with Gasteiger partial charge >= 0.3 is 0 Å². The van der Waals surface area contributed by atoms with E-state index in [1.807, 2.05) is 30.5 Å². The number of allylic oxidation sites excluding steroid dienone is 2. The van der Waals surface area contributed by atoms with E-state index in [1.165, 1.54) is 0 Å². The van der Waals surface area contributed by atoms with Crippen molar-refractivity contribution < 1.29 is 5.11 Å². The molecule has 17 heavy (non-hydrogen) atoms. The number of anilines is 1. The van der Waals surface area contributed by atoms with E-state index in [0.29, 0.717) is 0 Å². The summed E-state index contributed by atoms with van der Waals surface area (Å²) in [7, 11) is 0. The van der Waals surface area contributed by atoms with Crippen LogP contribution in [0.5, 0.6) is 5.75 Å². The molecule has 84 valence electrons. The number of hydrogen-bond donors (Lipinski definition) is 1. The summed E-state index contributed by atoms with van der Waals surface area (Å²) in [4.78, 5) is 6.46. The molecular weight excluding hydrogens is 212 g/mol. The first-order valence-electron chi connectivity index (χ1n) is 5.52. The Hall–Kier alpha value is -2.29. The van der Waals surface area contributed by atoms with Crippen LogP contribution in [0.2, 0.25) is 0 Å². The van der Waals surface area contributed by atoms with Crippen LogP contribution >= 0.6 is 0 Å². The van der Waals surface area contributed by atoms with Gasteiger partial charge in [0, 0.05) is 24.3 Å². The maximum Gasteiger partial charge on any atom is 0.140 e. The summed E-state index contributed by atoms with van der Waals surface area (Å²) in [6.45, 7) is 0.804. The first kappa shape index (κ1) is 9.90. The van der Waals surface area contributed by atoms with Gasteiger partial charge in [-0.15, -0.1) is 0 Å². The highest BCUT2D eigenvalue weighted by Crippen LogP contribution is 2.28. The average molecular weight is 224 g/mol. The fourth-order valence-electron chi connectivity index (χ4n) is 1.99. The molecule has 0 fully saturated rings. The number of phenolic OH excluding ortho intramolecular Hbond substituents is 1. The fourth-order valence-corrected chi connectivity index (χ4v) is 1.99. The third kappa shape index (κ3) is 1.76. The normalized spacial score (nSPS) is 14.5. The molecule has 2 heterocycles. The van der Waals surface area contributed by atoms with Crippen LogP contribution in [0.1, 0.15) is 0 Å². The summed E-state index contributed by atoms with van der Waals surface area (Å²) in [5.74, 6) is 1.14. The van der Waals surface area contributed by atoms with Crippen LogP contribution < -0.4 is 4.90 Å². The maximum absolute atomic E-state index is 9.57. The van der Waals surface area contributed by atoms with E-state index in [9.17, 15) is 5.11 Å². The Labute approximate surface area is 99.3 Å². The van der Waals surface area contributed by atoms with Crippen molar-refractivity contribution in [1.29, 1.82) is 0 Å². The van der Waals surface area contributed by atoms with Gasteiger partial charge in [-0.05, 0) is 29.7 Å². The Morgan fingerprint density at radius 3 is 2.94 bits per heavy atom. The highest BCUT2D eigenvalue weighted by Gasteiger charge is 2.09. The molecule has 1 N–H and O–H groups in total. The molecule has 0 saturated heterocycles. The summed E-state index contributed by atoms with van der Waals surface area (Å²) < 4.78 is 0. The van der Waals surface area contributed by atoms with Crippen LogP contribution in [0.15, 0.2) is 54.9 Å². The van der Waals surface area contributed by atoms with Crippen molar-refractivity contribution in [1.82, 2.24) is 4.98 Å². The largest absolute Gasteiger partial charge is 0.508 e. The number of nitrogens with zero attached hydrogens (tertiary/aromatic N) is 2. The SMILES string of the molecule is Oc1ccc2ccnc(N3C=CC=CC3)c2c1. The topological polar surface area (TPSA) is 36.4 Å². The first-order chi connectivity index (χ1) is 8.34. The second-order valence-electron chi connectivity index (χ2n) is 3.96. The lowest BCUT2D eigenvalue weighted by Crippen LogP contribution is -2.18. The zero-order chi connectivity index (χ0) is 11.7. The molecule has 0 radical (unpaired) electrons. The van der Waals surface area contributed by atoms with E-state index >= 15 is 0 Å². The molecule has 0 atom stereocenters. The highest BCUT2D eigenvalue weighted by molar-refractivity contribution is 5.93. The third-order valence-corrected chi connectivity index (χ3v) is 2.82. The number of aromatic nitrogens is 1. The number of benzene rings is 1. The minimum atomic E-state index is 0.267. The monoisotopic (exact) mass is 224 g/mol. The van der Waals surface area contributed by atoms with E-state index in [1.54, 1.807) is 18.3 Å². The summed E-state index contributed by atoms with van der Waals surface area (Å²) in [6, 6.07) is 7.29. The summed E-state index contributed by atoms with van der Waals surface area (Å²) in [5.41, 5.74) is 0. The third-order valence-electron chi connectivity index (χ3n) is 2.82. The quantitative estimate of drug-likeness (QED) is 0.809. The zero-order valence-corrected chi connectivity index (χ0v) is 9.24. The number of phenols is 1. The van der Waals surface area contributed by atoms with Gasteiger partial charge < -0.3 is 10.0 Å². The van der Waals surface area contributed by atoms with Crippen LogP contribution in [0.3, 0.4) is 0 Å². The number of fused-ring (bicyclic) bond motifs is 1. The minimum absolute atomic E-state index is 0.267. The molecular formula is C14H12N2O. The van der Waals surface area contributed by atoms with Gasteiger partial charge in [-0.25, -0.2) is 4.98 Å². The molecule has 0 spiro atoms. The molecule has 0 bridgehead atoms. The Balaban J connectivity index is 2.18. The van der Waals surface area contributed by atoms with E-state index in [2.05, 4.69) is 16.0 Å². The van der Waals surface area contributed by atoms with Gasteiger partial charge in [-0.2, -0.15) is 0 Å². The van der Waals surface area contributed by atoms with Crippen molar-refractivity contribution in [3.05, 3.63) is 54.9 Å². The Bertz CT molecular complexity index is 617. The standard InChI is InChI=1S/C14H12N2O/c17-12-5-4-11-6-7-15-14(13(11)10-12)16-8-2-1-3-9-16/h1-8,10,17H,9H2. The van der Waals surface area contributed by atoms with Gasteiger partial charge in [0.05, 0.1) is 0 Å². The van der Waals surface area contributed by atoms with E-state index in [-0.39, 0.29) is 5.75 Å². The van der Waals surface area contributed by atoms with E-state index in [0.717, 1.165) is 23.1 Å². The lowest BCUT2D eigenvalue weighted by molar-refractivity contribution is 0.476. The van der Waals surface area contributed by atoms with Gasteiger partial charge in [-0.3, -0.25) is 0 Å². The van der Waals surface area contributed by atoms with Crippen molar-refractivity contribution in [3.63, 3.8) is 0 Å². The van der Waals surface area contributed by atoms with Gasteiger partial charge in [0.25, 0.3) is 0 Å². The Kier molecular flexibility index (Phi) is 2.29. The molecule has 1 aliphatic heterocycles. The van der Waals surface area contributed by atoms with Crippen LogP contribution in [0, 0.1) is 0 Å². The van der Waals surface area contributed by atoms with E-state index < -0.39 is 0 Å². The minimum Gasteiger partial charge on any atom is -0.508 e. The average Bonchev–Trinajstić information content (AvgIpc) is 2.39. The van der Waals surface area contributed by atoms with Gasteiger partial charge in [-0.1, -0.05) is 18.2 Å². The molecule has 3 rings (SSSR count). The van der Waals surface area contributed by atoms with Crippen LogP contribution in [0.4, 0.5) is 5.82 Å².